The zero-order chi connectivity index (χ0) is 12.4. The fraction of sp³-hybridized carbons (Fsp3) is 0.143. The summed E-state index contributed by atoms with van der Waals surface area (Å²) < 4.78 is 1.89. The van der Waals surface area contributed by atoms with Crippen molar-refractivity contribution in [3.8, 4) is 0 Å². The second kappa shape index (κ2) is 5.34. The zero-order valence-electron chi connectivity index (χ0n) is 9.32. The van der Waals surface area contributed by atoms with Crippen molar-refractivity contribution in [2.24, 2.45) is 0 Å². The Morgan fingerprint density at radius 2 is 1.82 bits per heavy atom. The Morgan fingerprint density at radius 1 is 1.06 bits per heavy atom. The molecule has 0 aliphatic carbocycles. The molecule has 1 unspecified atom stereocenters. The van der Waals surface area contributed by atoms with Crippen molar-refractivity contribution in [2.75, 3.05) is 0 Å². The van der Waals surface area contributed by atoms with Crippen LogP contribution in [0.25, 0.3) is 0 Å². The lowest BCUT2D eigenvalue weighted by molar-refractivity contribution is 0.219. The molecule has 0 aliphatic heterocycles. The van der Waals surface area contributed by atoms with Gasteiger partial charge in [0.05, 0.1) is 0 Å². The number of halogens is 2. The van der Waals surface area contributed by atoms with Crippen LogP contribution in [0.5, 0.6) is 0 Å². The molecule has 88 valence electrons. The van der Waals surface area contributed by atoms with Gasteiger partial charge in [-0.2, -0.15) is 0 Å². The maximum absolute atomic E-state index is 10.3. The van der Waals surface area contributed by atoms with Crippen LogP contribution in [0.4, 0.5) is 0 Å². The standard InChI is InChI=1S/C14H12Br2O/c1-9-3-2-4-10(7-9)14(17)12-6-5-11(15)8-13(12)16/h2-8,14,17H,1H3. The van der Waals surface area contributed by atoms with E-state index >= 15 is 0 Å². The van der Waals surface area contributed by atoms with Crippen LogP contribution in [0.15, 0.2) is 51.4 Å². The number of hydrogen-bond acceptors (Lipinski definition) is 1. The molecule has 0 fully saturated rings. The molecule has 0 radical (unpaired) electrons. The molecule has 0 bridgehead atoms. The van der Waals surface area contributed by atoms with Crippen molar-refractivity contribution in [3.05, 3.63) is 68.1 Å². The van der Waals surface area contributed by atoms with Crippen LogP contribution >= 0.6 is 31.9 Å². The van der Waals surface area contributed by atoms with Crippen LogP contribution in [0.1, 0.15) is 22.8 Å². The minimum Gasteiger partial charge on any atom is -0.384 e. The van der Waals surface area contributed by atoms with Gasteiger partial charge in [-0.1, -0.05) is 67.8 Å². The van der Waals surface area contributed by atoms with E-state index in [9.17, 15) is 5.11 Å². The fourth-order valence-electron chi connectivity index (χ4n) is 1.74. The molecule has 1 N–H and O–H groups in total. The molecule has 0 amide bonds. The van der Waals surface area contributed by atoms with Crippen molar-refractivity contribution >= 4 is 31.9 Å². The third-order valence-electron chi connectivity index (χ3n) is 2.61. The first kappa shape index (κ1) is 12.8. The molecular weight excluding hydrogens is 344 g/mol. The maximum atomic E-state index is 10.3. The predicted octanol–water partition coefficient (Wildman–Crippen LogP) is 4.60. The second-order valence-corrected chi connectivity index (χ2v) is 5.75. The van der Waals surface area contributed by atoms with E-state index in [1.54, 1.807) is 0 Å². The first-order valence-corrected chi connectivity index (χ1v) is 6.86. The molecule has 1 atom stereocenters. The van der Waals surface area contributed by atoms with Gasteiger partial charge in [0, 0.05) is 8.95 Å². The Balaban J connectivity index is 2.40. The zero-order valence-corrected chi connectivity index (χ0v) is 12.5. The monoisotopic (exact) mass is 354 g/mol. The lowest BCUT2D eigenvalue weighted by Gasteiger charge is -2.14. The summed E-state index contributed by atoms with van der Waals surface area (Å²) in [6.45, 7) is 2.02. The molecule has 2 aromatic rings. The topological polar surface area (TPSA) is 20.2 Å². The van der Waals surface area contributed by atoms with Crippen LogP contribution < -0.4 is 0 Å². The first-order valence-electron chi connectivity index (χ1n) is 5.27. The summed E-state index contributed by atoms with van der Waals surface area (Å²) in [5.41, 5.74) is 2.93. The highest BCUT2D eigenvalue weighted by molar-refractivity contribution is 9.11. The van der Waals surface area contributed by atoms with Crippen molar-refractivity contribution in [3.63, 3.8) is 0 Å². The highest BCUT2D eigenvalue weighted by Crippen LogP contribution is 2.30. The summed E-state index contributed by atoms with van der Waals surface area (Å²) in [6, 6.07) is 13.7. The molecule has 2 rings (SSSR count). The molecule has 0 spiro atoms. The van der Waals surface area contributed by atoms with Crippen LogP contribution in [0, 0.1) is 6.92 Å². The smallest absolute Gasteiger partial charge is 0.105 e. The van der Waals surface area contributed by atoms with Gasteiger partial charge in [0.25, 0.3) is 0 Å². The maximum Gasteiger partial charge on any atom is 0.105 e. The largest absolute Gasteiger partial charge is 0.384 e. The van der Waals surface area contributed by atoms with E-state index in [-0.39, 0.29) is 0 Å². The summed E-state index contributed by atoms with van der Waals surface area (Å²) in [4.78, 5) is 0. The highest BCUT2D eigenvalue weighted by atomic mass is 79.9. The molecule has 0 aromatic heterocycles. The molecule has 0 saturated heterocycles. The van der Waals surface area contributed by atoms with Gasteiger partial charge in [-0.15, -0.1) is 0 Å². The van der Waals surface area contributed by atoms with Crippen LogP contribution in [-0.4, -0.2) is 5.11 Å². The molecule has 17 heavy (non-hydrogen) atoms. The minimum absolute atomic E-state index is 0.600. The van der Waals surface area contributed by atoms with Crippen molar-refractivity contribution < 1.29 is 5.11 Å². The Morgan fingerprint density at radius 3 is 2.47 bits per heavy atom. The Labute approximate surface area is 118 Å². The third kappa shape index (κ3) is 2.97. The number of benzene rings is 2. The molecule has 2 aromatic carbocycles. The SMILES string of the molecule is Cc1cccc(C(O)c2ccc(Br)cc2Br)c1. The van der Waals surface area contributed by atoms with E-state index in [2.05, 4.69) is 31.9 Å². The van der Waals surface area contributed by atoms with Crippen molar-refractivity contribution in [2.45, 2.75) is 13.0 Å². The van der Waals surface area contributed by atoms with E-state index in [0.717, 1.165) is 25.6 Å². The summed E-state index contributed by atoms with van der Waals surface area (Å²) >= 11 is 6.88. The number of aliphatic hydroxyl groups excluding tert-OH is 1. The van der Waals surface area contributed by atoms with Gasteiger partial charge in [0.15, 0.2) is 0 Å². The van der Waals surface area contributed by atoms with E-state index in [0.29, 0.717) is 0 Å². The third-order valence-corrected chi connectivity index (χ3v) is 3.79. The number of aliphatic hydroxyl groups is 1. The van der Waals surface area contributed by atoms with E-state index < -0.39 is 6.10 Å². The lowest BCUT2D eigenvalue weighted by atomic mass is 10.0. The van der Waals surface area contributed by atoms with Gasteiger partial charge >= 0.3 is 0 Å². The fourth-order valence-corrected chi connectivity index (χ4v) is 3.01. The predicted molar refractivity (Wildman–Crippen MR) is 77.1 cm³/mol. The van der Waals surface area contributed by atoms with Gasteiger partial charge in [0.1, 0.15) is 6.10 Å². The van der Waals surface area contributed by atoms with Crippen molar-refractivity contribution in [1.29, 1.82) is 0 Å². The number of rotatable bonds is 2. The Hall–Kier alpha value is -0.640. The van der Waals surface area contributed by atoms with Crippen molar-refractivity contribution in [1.82, 2.24) is 0 Å². The van der Waals surface area contributed by atoms with Gasteiger partial charge < -0.3 is 5.11 Å². The Kier molecular flexibility index (Phi) is 4.02. The number of aryl methyl sites for hydroxylation is 1. The van der Waals surface area contributed by atoms with Gasteiger partial charge in [-0.25, -0.2) is 0 Å². The van der Waals surface area contributed by atoms with E-state index in [4.69, 9.17) is 0 Å². The highest BCUT2D eigenvalue weighted by Gasteiger charge is 2.13. The summed E-state index contributed by atoms with van der Waals surface area (Å²) in [5.74, 6) is 0. The summed E-state index contributed by atoms with van der Waals surface area (Å²) in [6.07, 6.45) is -0.600. The Bertz CT molecular complexity index is 537. The van der Waals surface area contributed by atoms with Gasteiger partial charge in [-0.3, -0.25) is 0 Å². The minimum atomic E-state index is -0.600. The van der Waals surface area contributed by atoms with Crippen LogP contribution in [0.3, 0.4) is 0 Å². The van der Waals surface area contributed by atoms with E-state index in [1.807, 2.05) is 49.4 Å². The molecular formula is C14H12Br2O. The average Bonchev–Trinajstić information content (AvgIpc) is 2.28. The summed E-state index contributed by atoms with van der Waals surface area (Å²) in [7, 11) is 0. The van der Waals surface area contributed by atoms with E-state index in [1.165, 1.54) is 0 Å². The molecule has 0 aliphatic rings. The molecule has 3 heteroatoms. The summed E-state index contributed by atoms with van der Waals surface area (Å²) in [5, 5.41) is 10.3. The molecule has 0 heterocycles. The van der Waals surface area contributed by atoms with Crippen LogP contribution in [0.2, 0.25) is 0 Å². The quantitative estimate of drug-likeness (QED) is 0.834. The number of hydrogen-bond donors (Lipinski definition) is 1. The van der Waals surface area contributed by atoms with Gasteiger partial charge in [0.2, 0.25) is 0 Å². The normalized spacial score (nSPS) is 12.5. The second-order valence-electron chi connectivity index (χ2n) is 3.98. The molecule has 0 saturated carbocycles. The average molecular weight is 356 g/mol. The van der Waals surface area contributed by atoms with Gasteiger partial charge in [-0.05, 0) is 30.2 Å². The molecule has 1 nitrogen and oxygen atoms in total. The lowest BCUT2D eigenvalue weighted by Crippen LogP contribution is -2.00. The van der Waals surface area contributed by atoms with Crippen LogP contribution in [-0.2, 0) is 0 Å². The first-order chi connectivity index (χ1) is 8.08.